The fraction of sp³-hybridized carbons (Fsp3) is 0.391. The quantitative estimate of drug-likeness (QED) is 0.811. The van der Waals surface area contributed by atoms with Crippen LogP contribution in [0.3, 0.4) is 0 Å². The summed E-state index contributed by atoms with van der Waals surface area (Å²) in [6, 6.07) is 13.6. The summed E-state index contributed by atoms with van der Waals surface area (Å²) in [5.74, 6) is 0.138. The molecule has 1 aliphatic rings. The van der Waals surface area contributed by atoms with Crippen LogP contribution < -0.4 is 10.1 Å². The van der Waals surface area contributed by atoms with Crippen LogP contribution in [-0.2, 0) is 16.1 Å². The minimum atomic E-state index is -0.655. The molecule has 1 heterocycles. The number of benzene rings is 2. The van der Waals surface area contributed by atoms with Gasteiger partial charge in [0, 0.05) is 19.6 Å². The van der Waals surface area contributed by atoms with E-state index in [1.54, 1.807) is 17.0 Å². The van der Waals surface area contributed by atoms with Crippen LogP contribution in [0.1, 0.15) is 30.9 Å². The van der Waals surface area contributed by atoms with Crippen LogP contribution >= 0.6 is 0 Å². The molecule has 29 heavy (non-hydrogen) atoms. The lowest BCUT2D eigenvalue weighted by molar-refractivity contribution is -0.142. The molecule has 3 rings (SSSR count). The fourth-order valence-electron chi connectivity index (χ4n) is 3.58. The van der Waals surface area contributed by atoms with Gasteiger partial charge in [-0.25, -0.2) is 4.39 Å². The van der Waals surface area contributed by atoms with Gasteiger partial charge in [0.1, 0.15) is 11.6 Å². The molecule has 1 N–H and O–H groups in total. The summed E-state index contributed by atoms with van der Waals surface area (Å²) in [5, 5.41) is 2.92. The molecule has 1 atom stereocenters. The van der Waals surface area contributed by atoms with Crippen molar-refractivity contribution in [3.63, 3.8) is 0 Å². The van der Waals surface area contributed by atoms with E-state index in [1.807, 2.05) is 38.1 Å². The molecule has 2 amide bonds. The van der Waals surface area contributed by atoms with Gasteiger partial charge in [-0.1, -0.05) is 24.3 Å². The molecule has 6 heteroatoms. The number of carbonyl (C=O) groups is 2. The third-order valence-electron chi connectivity index (χ3n) is 5.32. The minimum Gasteiger partial charge on any atom is -0.484 e. The fourth-order valence-corrected chi connectivity index (χ4v) is 3.58. The highest BCUT2D eigenvalue weighted by Gasteiger charge is 2.39. The summed E-state index contributed by atoms with van der Waals surface area (Å²) < 4.78 is 18.6. The number of carbonyl (C=O) groups excluding carboxylic acids is 2. The van der Waals surface area contributed by atoms with E-state index < -0.39 is 5.41 Å². The molecule has 0 spiro atoms. The largest absolute Gasteiger partial charge is 0.484 e. The van der Waals surface area contributed by atoms with Crippen molar-refractivity contribution >= 4 is 11.8 Å². The second-order valence-electron chi connectivity index (χ2n) is 7.89. The van der Waals surface area contributed by atoms with Crippen LogP contribution in [-0.4, -0.2) is 36.4 Å². The number of nitrogens with one attached hydrogen (secondary N) is 1. The third-order valence-corrected chi connectivity index (χ3v) is 5.32. The first-order valence-electron chi connectivity index (χ1n) is 9.86. The number of rotatable bonds is 6. The van der Waals surface area contributed by atoms with Gasteiger partial charge in [-0.05, 0) is 62.1 Å². The highest BCUT2D eigenvalue weighted by molar-refractivity contribution is 5.84. The summed E-state index contributed by atoms with van der Waals surface area (Å²) in [6.45, 7) is 5.12. The van der Waals surface area contributed by atoms with Gasteiger partial charge in [0.25, 0.3) is 5.91 Å². The number of hydrogen-bond donors (Lipinski definition) is 1. The molecule has 1 aliphatic heterocycles. The topological polar surface area (TPSA) is 58.6 Å². The highest BCUT2D eigenvalue weighted by atomic mass is 19.1. The molecule has 0 saturated carbocycles. The molecule has 0 aromatic heterocycles. The number of nitrogens with zero attached hydrogens (tertiary/aromatic N) is 1. The van der Waals surface area contributed by atoms with E-state index in [1.165, 1.54) is 12.1 Å². The summed E-state index contributed by atoms with van der Waals surface area (Å²) in [6.07, 6.45) is 1.47. The van der Waals surface area contributed by atoms with Crippen molar-refractivity contribution in [2.24, 2.45) is 5.41 Å². The van der Waals surface area contributed by atoms with Crippen molar-refractivity contribution in [3.8, 4) is 5.75 Å². The molecular weight excluding hydrogens is 371 g/mol. The van der Waals surface area contributed by atoms with Gasteiger partial charge < -0.3 is 15.0 Å². The maximum Gasteiger partial charge on any atom is 0.260 e. The summed E-state index contributed by atoms with van der Waals surface area (Å²) in [5.41, 5.74) is 1.24. The van der Waals surface area contributed by atoms with E-state index in [9.17, 15) is 14.0 Å². The predicted molar refractivity (Wildman–Crippen MR) is 109 cm³/mol. The van der Waals surface area contributed by atoms with Crippen LogP contribution in [0, 0.1) is 18.2 Å². The number of hydrogen-bond acceptors (Lipinski definition) is 3. The highest BCUT2D eigenvalue weighted by Crippen LogP contribution is 2.30. The molecule has 0 unspecified atom stereocenters. The Morgan fingerprint density at radius 2 is 1.97 bits per heavy atom. The zero-order valence-electron chi connectivity index (χ0n) is 16.9. The zero-order chi connectivity index (χ0) is 20.9. The van der Waals surface area contributed by atoms with E-state index in [0.29, 0.717) is 31.8 Å². The lowest BCUT2D eigenvalue weighted by Gasteiger charge is -2.39. The predicted octanol–water partition coefficient (Wildman–Crippen LogP) is 3.46. The second kappa shape index (κ2) is 9.07. The number of amides is 2. The summed E-state index contributed by atoms with van der Waals surface area (Å²) in [4.78, 5) is 27.1. The standard InChI is InChI=1S/C23H27FN2O3/c1-17-5-3-6-20(13-17)29-15-21(27)26-12-4-11-23(2,16-26)22(28)25-14-18-7-9-19(24)10-8-18/h3,5-10,13H,4,11-12,14-16H2,1-2H3,(H,25,28)/t23-/m0/s1. The molecule has 1 saturated heterocycles. The molecule has 0 radical (unpaired) electrons. The Morgan fingerprint density at radius 1 is 1.21 bits per heavy atom. The normalized spacial score (nSPS) is 18.9. The zero-order valence-corrected chi connectivity index (χ0v) is 16.9. The number of likely N-dealkylation sites (tertiary alicyclic amines) is 1. The Morgan fingerprint density at radius 3 is 2.69 bits per heavy atom. The van der Waals surface area contributed by atoms with Crippen LogP contribution in [0.5, 0.6) is 5.75 Å². The molecule has 2 aromatic carbocycles. The SMILES string of the molecule is Cc1cccc(OCC(=O)N2CCC[C@](C)(C(=O)NCc3ccc(F)cc3)C2)c1. The van der Waals surface area contributed by atoms with Gasteiger partial charge in [-0.15, -0.1) is 0 Å². The lowest BCUT2D eigenvalue weighted by atomic mass is 9.81. The lowest BCUT2D eigenvalue weighted by Crippen LogP contribution is -2.52. The van der Waals surface area contributed by atoms with Gasteiger partial charge in [-0.2, -0.15) is 0 Å². The summed E-state index contributed by atoms with van der Waals surface area (Å²) >= 11 is 0. The Bertz CT molecular complexity index is 869. The third kappa shape index (κ3) is 5.56. The van der Waals surface area contributed by atoms with E-state index in [2.05, 4.69) is 5.32 Å². The van der Waals surface area contributed by atoms with E-state index in [0.717, 1.165) is 17.5 Å². The molecular formula is C23H27FN2O3. The van der Waals surface area contributed by atoms with Gasteiger partial charge in [-0.3, -0.25) is 9.59 Å². The van der Waals surface area contributed by atoms with E-state index in [4.69, 9.17) is 4.74 Å². The Kier molecular flexibility index (Phi) is 6.52. The first-order chi connectivity index (χ1) is 13.9. The van der Waals surface area contributed by atoms with Crippen molar-refractivity contribution in [1.82, 2.24) is 10.2 Å². The average Bonchev–Trinajstić information content (AvgIpc) is 2.71. The number of halogens is 1. The number of aryl methyl sites for hydroxylation is 1. The Labute approximate surface area is 170 Å². The Balaban J connectivity index is 1.54. The van der Waals surface area contributed by atoms with Crippen LogP contribution in [0.15, 0.2) is 48.5 Å². The number of piperidine rings is 1. The van der Waals surface area contributed by atoms with Crippen molar-refractivity contribution in [2.75, 3.05) is 19.7 Å². The minimum absolute atomic E-state index is 0.0449. The van der Waals surface area contributed by atoms with Gasteiger partial charge >= 0.3 is 0 Å². The van der Waals surface area contributed by atoms with Crippen LogP contribution in [0.2, 0.25) is 0 Å². The maximum atomic E-state index is 13.0. The van der Waals surface area contributed by atoms with Gasteiger partial charge in [0.15, 0.2) is 6.61 Å². The maximum absolute atomic E-state index is 13.0. The molecule has 0 aliphatic carbocycles. The van der Waals surface area contributed by atoms with Crippen LogP contribution in [0.25, 0.3) is 0 Å². The van der Waals surface area contributed by atoms with Crippen molar-refractivity contribution in [3.05, 3.63) is 65.5 Å². The monoisotopic (exact) mass is 398 g/mol. The molecule has 154 valence electrons. The van der Waals surface area contributed by atoms with E-state index >= 15 is 0 Å². The van der Waals surface area contributed by atoms with Gasteiger partial charge in [0.2, 0.25) is 5.91 Å². The van der Waals surface area contributed by atoms with Crippen molar-refractivity contribution in [1.29, 1.82) is 0 Å². The first-order valence-corrected chi connectivity index (χ1v) is 9.86. The molecule has 1 fully saturated rings. The Hall–Kier alpha value is -2.89. The van der Waals surface area contributed by atoms with Crippen molar-refractivity contribution in [2.45, 2.75) is 33.2 Å². The van der Waals surface area contributed by atoms with Gasteiger partial charge in [0.05, 0.1) is 5.41 Å². The second-order valence-corrected chi connectivity index (χ2v) is 7.89. The molecule has 2 aromatic rings. The van der Waals surface area contributed by atoms with Crippen LogP contribution in [0.4, 0.5) is 4.39 Å². The average molecular weight is 398 g/mol. The van der Waals surface area contributed by atoms with Crippen molar-refractivity contribution < 1.29 is 18.7 Å². The number of ether oxygens (including phenoxy) is 1. The molecule has 5 nitrogen and oxygen atoms in total. The smallest absolute Gasteiger partial charge is 0.260 e. The van der Waals surface area contributed by atoms with E-state index in [-0.39, 0.29) is 24.2 Å². The first kappa shape index (κ1) is 20.8. The summed E-state index contributed by atoms with van der Waals surface area (Å²) in [7, 11) is 0. The molecule has 0 bridgehead atoms.